The second-order valence-electron chi connectivity index (χ2n) is 15.0. The number of nitrogens with one attached hydrogen (secondary N) is 2. The summed E-state index contributed by atoms with van der Waals surface area (Å²) in [4.78, 5) is 27.5. The van der Waals surface area contributed by atoms with Crippen LogP contribution in [0.15, 0.2) is 58.5 Å². The number of halogens is 1. The zero-order valence-electron chi connectivity index (χ0n) is 31.8. The van der Waals surface area contributed by atoms with Gasteiger partial charge >= 0.3 is 0 Å². The molecule has 0 radical (unpaired) electrons. The average Bonchev–Trinajstić information content (AvgIpc) is 3.11. The van der Waals surface area contributed by atoms with Gasteiger partial charge in [0.15, 0.2) is 0 Å². The molecule has 0 amide bonds. The van der Waals surface area contributed by atoms with Crippen LogP contribution >= 0.6 is 23.1 Å². The molecule has 0 atom stereocenters. The minimum absolute atomic E-state index is 0.206. The lowest BCUT2D eigenvalue weighted by molar-refractivity contribution is -0.209. The Balaban J connectivity index is 1.32. The highest BCUT2D eigenvalue weighted by atomic mass is 79.9. The lowest BCUT2D eigenvalue weighted by Gasteiger charge is -2.54. The predicted octanol–water partition coefficient (Wildman–Crippen LogP) is 6.78. The number of methoxy groups -OCH3 is 1. The van der Waals surface area contributed by atoms with Gasteiger partial charge in [0.25, 0.3) is 0 Å². The number of nitrogens with zero attached hydrogens (tertiary/aromatic N) is 7. The average molecular weight is 806 g/mol. The number of aromatic nitrogens is 4. The number of morpholine rings is 1. The van der Waals surface area contributed by atoms with Crippen LogP contribution in [-0.4, -0.2) is 102 Å². The van der Waals surface area contributed by atoms with E-state index in [9.17, 15) is 4.57 Å². The molecule has 4 heterocycles. The fourth-order valence-corrected chi connectivity index (χ4v) is 9.13. The quantitative estimate of drug-likeness (QED) is 0.114. The predicted molar refractivity (Wildman–Crippen MR) is 221 cm³/mol. The zero-order chi connectivity index (χ0) is 38.1. The van der Waals surface area contributed by atoms with Gasteiger partial charge in [-0.05, 0) is 88.0 Å². The van der Waals surface area contributed by atoms with E-state index in [1.807, 2.05) is 24.3 Å². The van der Waals surface area contributed by atoms with Crippen LogP contribution in [0.5, 0.6) is 5.75 Å². The van der Waals surface area contributed by atoms with Gasteiger partial charge in [-0.25, -0.2) is 4.98 Å². The van der Waals surface area contributed by atoms with Gasteiger partial charge in [0.1, 0.15) is 24.2 Å². The molecule has 2 aliphatic rings. The Labute approximate surface area is 320 Å². The first-order chi connectivity index (χ1) is 25.2. The summed E-state index contributed by atoms with van der Waals surface area (Å²) in [6.45, 7) is 15.8. The summed E-state index contributed by atoms with van der Waals surface area (Å²) in [5.74, 6) is 1.41. The fourth-order valence-electron chi connectivity index (χ4n) is 7.45. The lowest BCUT2D eigenvalue weighted by Crippen LogP contribution is -2.63. The van der Waals surface area contributed by atoms with Gasteiger partial charge in [-0.3, -0.25) is 19.9 Å². The molecule has 2 aromatic heterocycles. The molecule has 2 fully saturated rings. The molecular weight excluding hydrogens is 755 g/mol. The number of benzene rings is 2. The van der Waals surface area contributed by atoms with E-state index in [0.29, 0.717) is 55.7 Å². The number of hydrogen-bond acceptors (Lipinski definition) is 13. The molecule has 0 unspecified atom stereocenters. The molecule has 2 aliphatic heterocycles. The number of piperidine rings is 1. The summed E-state index contributed by atoms with van der Waals surface area (Å²) in [5.41, 5.74) is 11.0. The maximum atomic E-state index is 13.5. The Bertz CT molecular complexity index is 2090. The first kappa shape index (κ1) is 38.6. The molecular formula is C38H50BrN10O3P. The number of nitrogens with two attached hydrogens (primary N) is 1. The van der Waals surface area contributed by atoms with E-state index in [4.69, 9.17) is 20.2 Å². The van der Waals surface area contributed by atoms with E-state index in [1.54, 1.807) is 58.5 Å². The third-order valence-corrected chi connectivity index (χ3v) is 11.9. The third kappa shape index (κ3) is 8.36. The van der Waals surface area contributed by atoms with Crippen LogP contribution in [0.2, 0.25) is 0 Å². The summed E-state index contributed by atoms with van der Waals surface area (Å²) < 4.78 is 27.0. The molecule has 0 bridgehead atoms. The fraction of sp³-hybridized carbons (Fsp3) is 0.447. The molecule has 6 rings (SSSR count). The molecule has 53 heavy (non-hydrogen) atoms. The molecule has 13 nitrogen and oxygen atoms in total. The van der Waals surface area contributed by atoms with Crippen molar-refractivity contribution >= 4 is 80.0 Å². The largest absolute Gasteiger partial charge is 0.494 e. The van der Waals surface area contributed by atoms with Crippen LogP contribution < -0.4 is 31.3 Å². The molecule has 0 aliphatic carbocycles. The second-order valence-corrected chi connectivity index (χ2v) is 19.0. The van der Waals surface area contributed by atoms with E-state index in [0.717, 1.165) is 55.8 Å². The van der Waals surface area contributed by atoms with Crippen molar-refractivity contribution in [3.63, 3.8) is 0 Å². The minimum atomic E-state index is -2.79. The SMILES string of the molecule is CN=CC(=CN)c1cc(Nc2ncc(Br)c(Nc3ccc4nccnc4c3P(C)(C)=O)n2)c(OC)cc1N1CCC2(CC1)CN(C(C)C)CC(C)(C)O2. The first-order valence-corrected chi connectivity index (χ1v) is 21.2. The van der Waals surface area contributed by atoms with Gasteiger partial charge in [-0.2, -0.15) is 4.98 Å². The maximum absolute atomic E-state index is 13.5. The molecule has 15 heteroatoms. The van der Waals surface area contributed by atoms with Crippen molar-refractivity contribution in [1.82, 2.24) is 24.8 Å². The summed E-state index contributed by atoms with van der Waals surface area (Å²) in [7, 11) is 0.587. The van der Waals surface area contributed by atoms with E-state index in [-0.39, 0.29) is 11.2 Å². The van der Waals surface area contributed by atoms with Crippen molar-refractivity contribution in [2.24, 2.45) is 10.7 Å². The monoisotopic (exact) mass is 804 g/mol. The number of aliphatic imine (C=N–C) groups is 1. The van der Waals surface area contributed by atoms with Gasteiger partial charge in [0, 0.05) is 93.2 Å². The zero-order valence-corrected chi connectivity index (χ0v) is 34.3. The van der Waals surface area contributed by atoms with Crippen LogP contribution in [-0.2, 0) is 9.30 Å². The molecule has 1 spiro atoms. The second kappa shape index (κ2) is 15.3. The normalized spacial score (nSPS) is 17.9. The topological polar surface area (TPSA) is 156 Å². The Morgan fingerprint density at radius 2 is 1.83 bits per heavy atom. The third-order valence-electron chi connectivity index (χ3n) is 9.79. The highest BCUT2D eigenvalue weighted by molar-refractivity contribution is 9.10. The summed E-state index contributed by atoms with van der Waals surface area (Å²) >= 11 is 3.59. The Hall–Kier alpha value is -4.10. The highest BCUT2D eigenvalue weighted by Gasteiger charge is 2.46. The highest BCUT2D eigenvalue weighted by Crippen LogP contribution is 2.44. The number of fused-ring (bicyclic) bond motifs is 1. The number of allylic oxidation sites excluding steroid dienone is 1. The van der Waals surface area contributed by atoms with Gasteiger partial charge in [-0.1, -0.05) is 0 Å². The van der Waals surface area contributed by atoms with Crippen molar-refractivity contribution in [2.45, 2.75) is 57.8 Å². The van der Waals surface area contributed by atoms with E-state index < -0.39 is 7.14 Å². The van der Waals surface area contributed by atoms with Gasteiger partial charge in [0.05, 0.1) is 45.0 Å². The van der Waals surface area contributed by atoms with Crippen molar-refractivity contribution in [1.29, 1.82) is 0 Å². The van der Waals surface area contributed by atoms with Crippen molar-refractivity contribution < 1.29 is 14.0 Å². The number of hydrogen-bond donors (Lipinski definition) is 3. The Kier molecular flexibility index (Phi) is 11.2. The summed E-state index contributed by atoms with van der Waals surface area (Å²) in [5, 5.41) is 7.34. The van der Waals surface area contributed by atoms with Gasteiger partial charge < -0.3 is 35.3 Å². The molecule has 282 valence electrons. The number of anilines is 5. The number of rotatable bonds is 10. The minimum Gasteiger partial charge on any atom is -0.494 e. The van der Waals surface area contributed by atoms with E-state index >= 15 is 0 Å². The maximum Gasteiger partial charge on any atom is 0.229 e. The summed E-state index contributed by atoms with van der Waals surface area (Å²) in [6, 6.07) is 8.19. The molecule has 4 N–H and O–H groups in total. The van der Waals surface area contributed by atoms with Crippen LogP contribution in [0.25, 0.3) is 16.6 Å². The van der Waals surface area contributed by atoms with Crippen LogP contribution in [0, 0.1) is 0 Å². The molecule has 2 aromatic carbocycles. The summed E-state index contributed by atoms with van der Waals surface area (Å²) in [6.07, 6.45) is 10.0. The molecule has 2 saturated heterocycles. The first-order valence-electron chi connectivity index (χ1n) is 17.8. The number of ether oxygens (including phenoxy) is 2. The van der Waals surface area contributed by atoms with Crippen LogP contribution in [0.4, 0.5) is 28.8 Å². The van der Waals surface area contributed by atoms with Crippen molar-refractivity contribution in [3.8, 4) is 5.75 Å². The molecule has 0 saturated carbocycles. The smallest absolute Gasteiger partial charge is 0.229 e. The Morgan fingerprint density at radius 3 is 2.49 bits per heavy atom. The van der Waals surface area contributed by atoms with Crippen molar-refractivity contribution in [2.75, 3.05) is 69.2 Å². The Morgan fingerprint density at radius 1 is 1.09 bits per heavy atom. The molecule has 4 aromatic rings. The van der Waals surface area contributed by atoms with Crippen LogP contribution in [0.1, 0.15) is 46.1 Å². The van der Waals surface area contributed by atoms with Gasteiger partial charge in [-0.15, -0.1) is 0 Å². The standard InChI is InChI=1S/C38H50BrN10O3P/c1-24(2)49-22-37(3,4)52-38(23-49)11-15-48(16-12-38)31-18-32(51-6)30(17-26(31)25(19-40)20-41-5)46-36-44-21-27(39)35(47-36)45-29-10-9-28-33(43-14-13-42-28)34(29)53(7,8)50/h9-10,13-14,17-21,24H,11-12,15-16,22-23,40H2,1-8H3,(H2,44,45,46,47). The van der Waals surface area contributed by atoms with Crippen LogP contribution in [0.3, 0.4) is 0 Å². The lowest BCUT2D eigenvalue weighted by atomic mass is 9.85. The van der Waals surface area contributed by atoms with E-state index in [1.165, 1.54) is 0 Å². The van der Waals surface area contributed by atoms with Crippen molar-refractivity contribution in [3.05, 3.63) is 59.1 Å². The van der Waals surface area contributed by atoms with Gasteiger partial charge in [0.2, 0.25) is 5.95 Å². The van der Waals surface area contributed by atoms with E-state index in [2.05, 4.69) is 84.0 Å².